The number of carbonyl (C=O) groups is 1. The molecule has 1 aliphatic heterocycles. The van der Waals surface area contributed by atoms with Crippen molar-refractivity contribution in [3.8, 4) is 11.5 Å². The number of amides is 1. The monoisotopic (exact) mass is 625 g/mol. The minimum atomic E-state index is -0.604. The van der Waals surface area contributed by atoms with Crippen LogP contribution in [0.1, 0.15) is 44.4 Å². The predicted octanol–water partition coefficient (Wildman–Crippen LogP) is 6.60. The first-order chi connectivity index (χ1) is 17.7. The fourth-order valence-corrected chi connectivity index (χ4v) is 5.67. The smallest absolute Gasteiger partial charge is 0.248 e. The summed E-state index contributed by atoms with van der Waals surface area (Å²) >= 11 is 17.5. The molecule has 8 nitrogen and oxygen atoms in total. The molecule has 3 aromatic rings. The Balaban J connectivity index is 1.75. The summed E-state index contributed by atoms with van der Waals surface area (Å²) in [4.78, 5) is 17.2. The van der Waals surface area contributed by atoms with Crippen LogP contribution < -0.4 is 20.5 Å². The summed E-state index contributed by atoms with van der Waals surface area (Å²) in [6.45, 7) is 6.40. The quantitative estimate of drug-likeness (QED) is 0.244. The molecule has 1 aromatic heterocycles. The summed E-state index contributed by atoms with van der Waals surface area (Å²) in [5.74, 6) is 1.88. The fraction of sp³-hybridized carbons (Fsp3) is 0.320. The van der Waals surface area contributed by atoms with Gasteiger partial charge in [0.25, 0.3) is 0 Å². The third-order valence-electron chi connectivity index (χ3n) is 5.57. The summed E-state index contributed by atoms with van der Waals surface area (Å²) < 4.78 is 14.4. The van der Waals surface area contributed by atoms with Gasteiger partial charge in [0.2, 0.25) is 17.0 Å². The molecule has 0 saturated heterocycles. The van der Waals surface area contributed by atoms with E-state index in [4.69, 9.17) is 38.4 Å². The van der Waals surface area contributed by atoms with Crippen molar-refractivity contribution >= 4 is 62.7 Å². The van der Waals surface area contributed by atoms with E-state index in [-0.39, 0.29) is 6.61 Å². The Labute approximate surface area is 238 Å². The number of thioether (sulfide) groups is 1. The Bertz CT molecular complexity index is 1360. The van der Waals surface area contributed by atoms with Gasteiger partial charge in [0.1, 0.15) is 12.6 Å². The van der Waals surface area contributed by atoms with E-state index in [0.29, 0.717) is 55.0 Å². The van der Waals surface area contributed by atoms with E-state index < -0.39 is 11.9 Å². The molecule has 1 unspecified atom stereocenters. The molecule has 1 aliphatic rings. The maximum absolute atomic E-state index is 12.6. The lowest BCUT2D eigenvalue weighted by molar-refractivity contribution is -0.115. The van der Waals surface area contributed by atoms with Gasteiger partial charge in [-0.05, 0) is 66.0 Å². The number of hydrogen-bond acceptors (Lipinski definition) is 7. The van der Waals surface area contributed by atoms with Gasteiger partial charge in [-0.25, -0.2) is 4.68 Å². The highest BCUT2D eigenvalue weighted by atomic mass is 79.9. The van der Waals surface area contributed by atoms with Gasteiger partial charge in [-0.2, -0.15) is 4.98 Å². The molecule has 0 spiro atoms. The zero-order valence-electron chi connectivity index (χ0n) is 20.5. The standard InChI is InChI=1S/C25H26BrCl2N5O3S/c1-4-8-37-25-31-24-30-13(3)20(23(29)34)21(33(24)32-25)15-9-17(26)22(19(10-15)35-5-2)36-12-14-6-7-16(27)11-18(14)28/h6-7,9-11,21H,4-5,8,12H2,1-3H3,(H2,29,34)(H,30,31,32). The van der Waals surface area contributed by atoms with E-state index in [2.05, 4.69) is 38.3 Å². The van der Waals surface area contributed by atoms with Crippen molar-refractivity contribution in [1.29, 1.82) is 0 Å². The van der Waals surface area contributed by atoms with Crippen molar-refractivity contribution in [1.82, 2.24) is 14.8 Å². The van der Waals surface area contributed by atoms with Crippen LogP contribution in [-0.4, -0.2) is 33.0 Å². The number of benzene rings is 2. The Hall–Kier alpha value is -2.40. The average Bonchev–Trinajstić information content (AvgIpc) is 3.24. The molecule has 4 rings (SSSR count). The molecule has 196 valence electrons. The summed E-state index contributed by atoms with van der Waals surface area (Å²) in [7, 11) is 0. The van der Waals surface area contributed by atoms with Gasteiger partial charge in [0, 0.05) is 27.1 Å². The number of primary amides is 1. The molecule has 2 aromatic carbocycles. The number of fused-ring (bicyclic) bond motifs is 1. The van der Waals surface area contributed by atoms with E-state index in [1.165, 1.54) is 0 Å². The van der Waals surface area contributed by atoms with Crippen LogP contribution in [0.5, 0.6) is 11.5 Å². The Morgan fingerprint density at radius 2 is 2.03 bits per heavy atom. The van der Waals surface area contributed by atoms with Gasteiger partial charge in [0.15, 0.2) is 11.5 Å². The first-order valence-corrected chi connectivity index (χ1v) is 14.2. The Morgan fingerprint density at radius 3 is 2.70 bits per heavy atom. The molecule has 1 atom stereocenters. The molecular formula is C25H26BrCl2N5O3S. The van der Waals surface area contributed by atoms with Crippen molar-refractivity contribution in [2.45, 2.75) is 45.0 Å². The number of anilines is 1. The highest BCUT2D eigenvalue weighted by Gasteiger charge is 2.34. The van der Waals surface area contributed by atoms with Gasteiger partial charge < -0.3 is 20.5 Å². The van der Waals surface area contributed by atoms with Crippen LogP contribution in [-0.2, 0) is 11.4 Å². The van der Waals surface area contributed by atoms with Crippen LogP contribution in [0.25, 0.3) is 0 Å². The van der Waals surface area contributed by atoms with Crippen LogP contribution in [0.15, 0.2) is 51.2 Å². The first-order valence-electron chi connectivity index (χ1n) is 11.6. The minimum Gasteiger partial charge on any atom is -0.490 e. The zero-order valence-corrected chi connectivity index (χ0v) is 24.4. The van der Waals surface area contributed by atoms with Crippen molar-refractivity contribution < 1.29 is 14.3 Å². The molecule has 3 N–H and O–H groups in total. The Kier molecular flexibility index (Phi) is 8.94. The lowest BCUT2D eigenvalue weighted by atomic mass is 9.95. The van der Waals surface area contributed by atoms with Gasteiger partial charge in [-0.15, -0.1) is 5.10 Å². The first kappa shape index (κ1) is 27.6. The topological polar surface area (TPSA) is 104 Å². The predicted molar refractivity (Wildman–Crippen MR) is 151 cm³/mol. The number of allylic oxidation sites excluding steroid dienone is 1. The molecular weight excluding hydrogens is 601 g/mol. The van der Waals surface area contributed by atoms with Crippen LogP contribution in [0.3, 0.4) is 0 Å². The van der Waals surface area contributed by atoms with E-state index >= 15 is 0 Å². The third-order valence-corrected chi connectivity index (χ3v) is 7.79. The number of nitrogens with zero attached hydrogens (tertiary/aromatic N) is 3. The number of nitrogens with one attached hydrogen (secondary N) is 1. The second-order valence-corrected chi connectivity index (χ2v) is 11.0. The maximum atomic E-state index is 12.6. The molecule has 0 saturated carbocycles. The number of halogens is 3. The van der Waals surface area contributed by atoms with Crippen LogP contribution in [0.2, 0.25) is 10.0 Å². The SMILES string of the molecule is CCCSc1nc2n(n1)C(c1cc(Br)c(OCc3ccc(Cl)cc3Cl)c(OCC)c1)C(C(N)=O)=C(C)N2. The highest BCUT2D eigenvalue weighted by Crippen LogP contribution is 2.43. The van der Waals surface area contributed by atoms with E-state index in [1.807, 2.05) is 25.1 Å². The second kappa shape index (κ2) is 12.0. The number of rotatable bonds is 10. The van der Waals surface area contributed by atoms with Crippen molar-refractivity contribution in [3.05, 3.63) is 67.2 Å². The average molecular weight is 627 g/mol. The van der Waals surface area contributed by atoms with Gasteiger partial charge in [-0.1, -0.05) is 48.0 Å². The lowest BCUT2D eigenvalue weighted by Gasteiger charge is -2.28. The van der Waals surface area contributed by atoms with Gasteiger partial charge >= 0.3 is 0 Å². The molecule has 0 fully saturated rings. The van der Waals surface area contributed by atoms with Crippen molar-refractivity contribution in [3.63, 3.8) is 0 Å². The summed E-state index contributed by atoms with van der Waals surface area (Å²) in [5.41, 5.74) is 8.36. The number of hydrogen-bond donors (Lipinski definition) is 2. The molecule has 0 aliphatic carbocycles. The summed E-state index contributed by atoms with van der Waals surface area (Å²) in [6, 6.07) is 8.35. The zero-order chi connectivity index (χ0) is 26.7. The van der Waals surface area contributed by atoms with Gasteiger partial charge in [0.05, 0.1) is 16.7 Å². The molecule has 0 radical (unpaired) electrons. The molecule has 12 heteroatoms. The number of ether oxygens (including phenoxy) is 2. The van der Waals surface area contributed by atoms with Crippen molar-refractivity contribution in [2.75, 3.05) is 17.7 Å². The fourth-order valence-electron chi connectivity index (χ4n) is 3.95. The van der Waals surface area contributed by atoms with Crippen molar-refractivity contribution in [2.24, 2.45) is 5.73 Å². The molecule has 1 amide bonds. The normalized spacial score (nSPS) is 14.8. The van der Waals surface area contributed by atoms with Crippen LogP contribution >= 0.6 is 50.9 Å². The van der Waals surface area contributed by atoms with Crippen LogP contribution in [0.4, 0.5) is 5.95 Å². The summed E-state index contributed by atoms with van der Waals surface area (Å²) in [6.07, 6.45) is 0.989. The van der Waals surface area contributed by atoms with E-state index in [0.717, 1.165) is 23.3 Å². The minimum absolute atomic E-state index is 0.207. The van der Waals surface area contributed by atoms with Gasteiger partial charge in [-0.3, -0.25) is 4.79 Å². The molecule has 37 heavy (non-hydrogen) atoms. The van der Waals surface area contributed by atoms with E-state index in [1.54, 1.807) is 35.5 Å². The molecule has 2 heterocycles. The highest BCUT2D eigenvalue weighted by molar-refractivity contribution is 9.10. The third kappa shape index (κ3) is 6.03. The molecule has 0 bridgehead atoms. The number of aromatic nitrogens is 3. The maximum Gasteiger partial charge on any atom is 0.248 e. The van der Waals surface area contributed by atoms with Crippen LogP contribution in [0, 0.1) is 0 Å². The lowest BCUT2D eigenvalue weighted by Crippen LogP contribution is -2.32. The summed E-state index contributed by atoms with van der Waals surface area (Å²) in [5, 5.41) is 9.53. The Morgan fingerprint density at radius 1 is 1.24 bits per heavy atom. The number of carbonyl (C=O) groups excluding carboxylic acids is 1. The van der Waals surface area contributed by atoms with E-state index in [9.17, 15) is 4.79 Å². The number of nitrogens with two attached hydrogens (primary N) is 1. The largest absolute Gasteiger partial charge is 0.490 e. The second-order valence-electron chi connectivity index (χ2n) is 8.23.